The average Bonchev–Trinajstić information content (AvgIpc) is 2.88. The summed E-state index contributed by atoms with van der Waals surface area (Å²) in [5.74, 6) is -0.239. The number of aromatic nitrogens is 1. The molecule has 0 saturated heterocycles. The molecule has 202 valence electrons. The van der Waals surface area contributed by atoms with Gasteiger partial charge in [0.05, 0.1) is 23.8 Å². The number of aliphatic hydroxyl groups excluding tert-OH is 2. The summed E-state index contributed by atoms with van der Waals surface area (Å²) in [5.41, 5.74) is -0.215. The standard InChI is InChI=1S/C25H35N5O6S/c1-4-6-7-19(5-2)17-30-24(33)22(16-26)18(3)23(25(30)34)28-27-20-8-10-21(11-9-20)37(35,36)29(12-14-31)13-15-32/h8-11,19,31-33H,4-7,12-15,17H2,1-3H3. The summed E-state index contributed by atoms with van der Waals surface area (Å²) >= 11 is 0. The topological polar surface area (TPSA) is 169 Å². The third-order valence-corrected chi connectivity index (χ3v) is 8.10. The van der Waals surface area contributed by atoms with E-state index in [0.29, 0.717) is 0 Å². The van der Waals surface area contributed by atoms with E-state index in [1.807, 2.05) is 13.0 Å². The van der Waals surface area contributed by atoms with E-state index in [9.17, 15) is 23.6 Å². The van der Waals surface area contributed by atoms with Gasteiger partial charge in [0.2, 0.25) is 15.9 Å². The maximum Gasteiger partial charge on any atom is 0.281 e. The smallest absolute Gasteiger partial charge is 0.281 e. The number of aromatic hydroxyl groups is 1. The highest BCUT2D eigenvalue weighted by atomic mass is 32.2. The van der Waals surface area contributed by atoms with E-state index < -0.39 is 28.8 Å². The number of unbranched alkanes of at least 4 members (excludes halogenated alkanes) is 1. The monoisotopic (exact) mass is 533 g/mol. The highest BCUT2D eigenvalue weighted by Gasteiger charge is 2.24. The van der Waals surface area contributed by atoms with Crippen molar-refractivity contribution in [3.8, 4) is 11.9 Å². The number of azo groups is 1. The number of rotatable bonds is 14. The van der Waals surface area contributed by atoms with Crippen molar-refractivity contribution >= 4 is 21.4 Å². The number of pyridine rings is 1. The fourth-order valence-corrected chi connectivity index (χ4v) is 5.34. The summed E-state index contributed by atoms with van der Waals surface area (Å²) in [7, 11) is -3.94. The van der Waals surface area contributed by atoms with Crippen LogP contribution in [0.5, 0.6) is 5.88 Å². The van der Waals surface area contributed by atoms with Crippen LogP contribution in [0.1, 0.15) is 50.7 Å². The minimum Gasteiger partial charge on any atom is -0.493 e. The molecular weight excluding hydrogens is 498 g/mol. The first-order chi connectivity index (χ1) is 17.7. The lowest BCUT2D eigenvalue weighted by Crippen LogP contribution is -2.35. The Bertz CT molecular complexity index is 1280. The van der Waals surface area contributed by atoms with Crippen LogP contribution in [0.2, 0.25) is 0 Å². The molecule has 0 saturated carbocycles. The number of nitrogens with zero attached hydrogens (tertiary/aromatic N) is 5. The molecule has 0 aliphatic rings. The first-order valence-electron chi connectivity index (χ1n) is 12.3. The molecule has 1 atom stereocenters. The van der Waals surface area contributed by atoms with Crippen molar-refractivity contribution in [3.63, 3.8) is 0 Å². The third-order valence-electron chi connectivity index (χ3n) is 6.19. The minimum atomic E-state index is -3.94. The van der Waals surface area contributed by atoms with Crippen molar-refractivity contribution in [1.29, 1.82) is 5.26 Å². The van der Waals surface area contributed by atoms with Crippen molar-refractivity contribution in [3.05, 3.63) is 45.7 Å². The van der Waals surface area contributed by atoms with E-state index in [0.717, 1.165) is 30.0 Å². The van der Waals surface area contributed by atoms with E-state index in [-0.39, 0.29) is 58.8 Å². The molecule has 1 aromatic carbocycles. The number of nitriles is 1. The Morgan fingerprint density at radius 1 is 1.11 bits per heavy atom. The third kappa shape index (κ3) is 7.23. The molecule has 12 heteroatoms. The predicted octanol–water partition coefficient (Wildman–Crippen LogP) is 3.34. The van der Waals surface area contributed by atoms with Crippen LogP contribution in [0.15, 0.2) is 44.2 Å². The average molecular weight is 534 g/mol. The van der Waals surface area contributed by atoms with Crippen LogP contribution in [0.25, 0.3) is 0 Å². The second-order valence-electron chi connectivity index (χ2n) is 8.66. The molecule has 1 heterocycles. The number of benzene rings is 1. The Labute approximate surface area is 217 Å². The molecule has 2 rings (SSSR count). The summed E-state index contributed by atoms with van der Waals surface area (Å²) in [4.78, 5) is 13.2. The molecule has 0 aliphatic heterocycles. The van der Waals surface area contributed by atoms with E-state index in [1.165, 1.54) is 35.8 Å². The first-order valence-corrected chi connectivity index (χ1v) is 13.7. The number of aliphatic hydroxyl groups is 2. The zero-order valence-corrected chi connectivity index (χ0v) is 22.3. The maximum absolute atomic E-state index is 13.2. The summed E-state index contributed by atoms with van der Waals surface area (Å²) in [6.45, 7) is 4.76. The second-order valence-corrected chi connectivity index (χ2v) is 10.6. The van der Waals surface area contributed by atoms with Gasteiger partial charge in [-0.15, -0.1) is 5.11 Å². The van der Waals surface area contributed by atoms with Crippen LogP contribution in [-0.4, -0.2) is 58.9 Å². The van der Waals surface area contributed by atoms with E-state index in [4.69, 9.17) is 10.2 Å². The highest BCUT2D eigenvalue weighted by Crippen LogP contribution is 2.29. The molecule has 3 N–H and O–H groups in total. The first kappa shape index (κ1) is 30.1. The van der Waals surface area contributed by atoms with Crippen molar-refractivity contribution in [1.82, 2.24) is 8.87 Å². The van der Waals surface area contributed by atoms with Crippen molar-refractivity contribution in [2.45, 2.75) is 57.9 Å². The van der Waals surface area contributed by atoms with Gasteiger partial charge in [0.1, 0.15) is 11.6 Å². The Kier molecular flexibility index (Phi) is 11.4. The Morgan fingerprint density at radius 3 is 2.24 bits per heavy atom. The van der Waals surface area contributed by atoms with Gasteiger partial charge in [-0.05, 0) is 43.5 Å². The van der Waals surface area contributed by atoms with Crippen LogP contribution in [0, 0.1) is 24.2 Å². The number of hydrogen-bond acceptors (Lipinski definition) is 9. The van der Waals surface area contributed by atoms with E-state index >= 15 is 0 Å². The maximum atomic E-state index is 13.2. The van der Waals surface area contributed by atoms with Crippen LogP contribution in [-0.2, 0) is 16.6 Å². The van der Waals surface area contributed by atoms with Gasteiger partial charge >= 0.3 is 0 Å². The van der Waals surface area contributed by atoms with Gasteiger partial charge in [-0.3, -0.25) is 9.36 Å². The molecule has 0 fully saturated rings. The normalized spacial score (nSPS) is 12.8. The van der Waals surface area contributed by atoms with Gasteiger partial charge in [0.15, 0.2) is 5.69 Å². The Hall–Kier alpha value is -3.11. The molecule has 0 spiro atoms. The van der Waals surface area contributed by atoms with Gasteiger partial charge in [0.25, 0.3) is 5.56 Å². The molecule has 0 radical (unpaired) electrons. The van der Waals surface area contributed by atoms with Crippen LogP contribution >= 0.6 is 0 Å². The van der Waals surface area contributed by atoms with Crippen molar-refractivity contribution in [2.75, 3.05) is 26.3 Å². The summed E-state index contributed by atoms with van der Waals surface area (Å²) in [6.07, 6.45) is 3.69. The molecule has 0 aliphatic carbocycles. The predicted molar refractivity (Wildman–Crippen MR) is 139 cm³/mol. The second kappa shape index (κ2) is 14.0. The van der Waals surface area contributed by atoms with E-state index in [1.54, 1.807) is 0 Å². The number of hydrogen-bond donors (Lipinski definition) is 3. The molecule has 0 amide bonds. The molecule has 2 aromatic rings. The van der Waals surface area contributed by atoms with Gasteiger partial charge in [-0.25, -0.2) is 8.42 Å². The van der Waals surface area contributed by atoms with Gasteiger partial charge < -0.3 is 15.3 Å². The number of sulfonamides is 1. The van der Waals surface area contributed by atoms with Gasteiger partial charge in [0, 0.05) is 25.2 Å². The molecule has 1 aromatic heterocycles. The minimum absolute atomic E-state index is 0.0480. The zero-order chi connectivity index (χ0) is 27.6. The van der Waals surface area contributed by atoms with Crippen molar-refractivity contribution < 1.29 is 23.7 Å². The largest absolute Gasteiger partial charge is 0.493 e. The fraction of sp³-hybridized carbons (Fsp3) is 0.520. The Morgan fingerprint density at radius 2 is 1.73 bits per heavy atom. The summed E-state index contributed by atoms with van der Waals surface area (Å²) < 4.78 is 27.7. The zero-order valence-electron chi connectivity index (χ0n) is 21.5. The summed E-state index contributed by atoms with van der Waals surface area (Å²) in [5, 5.41) is 46.6. The highest BCUT2D eigenvalue weighted by molar-refractivity contribution is 7.89. The lowest BCUT2D eigenvalue weighted by Gasteiger charge is -2.20. The quantitative estimate of drug-likeness (QED) is 0.313. The van der Waals surface area contributed by atoms with Crippen LogP contribution in [0.4, 0.5) is 11.4 Å². The van der Waals surface area contributed by atoms with Crippen LogP contribution < -0.4 is 5.56 Å². The lowest BCUT2D eigenvalue weighted by atomic mass is 9.99. The molecule has 1 unspecified atom stereocenters. The van der Waals surface area contributed by atoms with Crippen LogP contribution in [0.3, 0.4) is 0 Å². The lowest BCUT2D eigenvalue weighted by molar-refractivity contribution is 0.217. The molecule has 0 bridgehead atoms. The van der Waals surface area contributed by atoms with Crippen molar-refractivity contribution in [2.24, 2.45) is 16.1 Å². The van der Waals surface area contributed by atoms with Gasteiger partial charge in [-0.2, -0.15) is 14.7 Å². The molecule has 11 nitrogen and oxygen atoms in total. The fourth-order valence-electron chi connectivity index (χ4n) is 3.92. The van der Waals surface area contributed by atoms with Gasteiger partial charge in [-0.1, -0.05) is 33.1 Å². The molecule has 37 heavy (non-hydrogen) atoms. The summed E-state index contributed by atoms with van der Waals surface area (Å²) in [6, 6.07) is 7.38. The van der Waals surface area contributed by atoms with E-state index in [2.05, 4.69) is 17.2 Å². The Balaban J connectivity index is 2.43. The SMILES string of the molecule is CCCCC(CC)Cn1c(O)c(C#N)c(C)c(N=Nc2ccc(S(=O)(=O)N(CCO)CCO)cc2)c1=O. The molecular formula is C25H35N5O6S.